The van der Waals surface area contributed by atoms with E-state index in [9.17, 15) is 0 Å². The highest BCUT2D eigenvalue weighted by molar-refractivity contribution is 7.11. The standard InChI is InChI=1S/C15H19NOS2/c1-11-10-12(6-7-17-11)16-15(13-4-2-8-18-13)14-5-3-9-19-14/h2-5,8-9,11-12,15-16H,6-7,10H2,1H3. The van der Waals surface area contributed by atoms with Crippen LogP contribution in [0.15, 0.2) is 35.0 Å². The van der Waals surface area contributed by atoms with Gasteiger partial charge in [-0.25, -0.2) is 0 Å². The van der Waals surface area contributed by atoms with Gasteiger partial charge in [-0.1, -0.05) is 12.1 Å². The molecule has 102 valence electrons. The zero-order chi connectivity index (χ0) is 13.1. The summed E-state index contributed by atoms with van der Waals surface area (Å²) in [6.45, 7) is 3.04. The maximum atomic E-state index is 5.64. The van der Waals surface area contributed by atoms with Crippen molar-refractivity contribution in [3.8, 4) is 0 Å². The van der Waals surface area contributed by atoms with Crippen LogP contribution >= 0.6 is 22.7 Å². The average molecular weight is 293 g/mol. The van der Waals surface area contributed by atoms with Gasteiger partial charge in [0.15, 0.2) is 0 Å². The predicted octanol–water partition coefficient (Wildman–Crippen LogP) is 4.06. The highest BCUT2D eigenvalue weighted by Gasteiger charge is 2.24. The van der Waals surface area contributed by atoms with Crippen molar-refractivity contribution < 1.29 is 4.74 Å². The Labute approximate surface area is 122 Å². The maximum absolute atomic E-state index is 5.64. The average Bonchev–Trinajstić information content (AvgIpc) is 3.10. The molecule has 2 atom stereocenters. The Morgan fingerprint density at radius 3 is 2.42 bits per heavy atom. The van der Waals surface area contributed by atoms with Gasteiger partial charge >= 0.3 is 0 Å². The molecule has 0 amide bonds. The van der Waals surface area contributed by atoms with Crippen molar-refractivity contribution in [1.82, 2.24) is 5.32 Å². The van der Waals surface area contributed by atoms with Crippen LogP contribution in [0.3, 0.4) is 0 Å². The molecule has 1 N–H and O–H groups in total. The molecule has 2 aromatic heterocycles. The fourth-order valence-electron chi connectivity index (χ4n) is 2.60. The van der Waals surface area contributed by atoms with E-state index in [1.807, 2.05) is 22.7 Å². The molecule has 2 nitrogen and oxygen atoms in total. The van der Waals surface area contributed by atoms with Crippen molar-refractivity contribution >= 4 is 22.7 Å². The molecular formula is C15H19NOS2. The first-order valence-corrected chi connectivity index (χ1v) is 8.53. The van der Waals surface area contributed by atoms with Gasteiger partial charge in [0.1, 0.15) is 0 Å². The number of hydrogen-bond acceptors (Lipinski definition) is 4. The largest absolute Gasteiger partial charge is 0.378 e. The second kappa shape index (κ2) is 6.18. The summed E-state index contributed by atoms with van der Waals surface area (Å²) in [6, 6.07) is 9.62. The lowest BCUT2D eigenvalue weighted by Gasteiger charge is -2.31. The van der Waals surface area contributed by atoms with Crippen LogP contribution in [0.2, 0.25) is 0 Å². The molecule has 2 unspecified atom stereocenters. The molecule has 3 heterocycles. The van der Waals surface area contributed by atoms with Gasteiger partial charge in [-0.05, 0) is 42.7 Å². The summed E-state index contributed by atoms with van der Waals surface area (Å²) >= 11 is 3.66. The van der Waals surface area contributed by atoms with E-state index in [4.69, 9.17) is 4.74 Å². The molecule has 0 aliphatic carbocycles. The number of hydrogen-bond donors (Lipinski definition) is 1. The first-order chi connectivity index (χ1) is 9.33. The number of ether oxygens (including phenoxy) is 1. The normalized spacial score (nSPS) is 23.9. The fourth-order valence-corrected chi connectivity index (χ4v) is 4.28. The molecule has 1 aliphatic rings. The van der Waals surface area contributed by atoms with E-state index in [-0.39, 0.29) is 0 Å². The third-order valence-corrected chi connectivity index (χ3v) is 5.42. The SMILES string of the molecule is CC1CC(NC(c2cccs2)c2cccs2)CCO1. The second-order valence-electron chi connectivity index (χ2n) is 5.03. The maximum Gasteiger partial charge on any atom is 0.0767 e. The number of rotatable bonds is 4. The summed E-state index contributed by atoms with van der Waals surface area (Å²) in [4.78, 5) is 2.81. The summed E-state index contributed by atoms with van der Waals surface area (Å²) in [6.07, 6.45) is 2.59. The first-order valence-electron chi connectivity index (χ1n) is 6.77. The predicted molar refractivity (Wildman–Crippen MR) is 82.1 cm³/mol. The smallest absolute Gasteiger partial charge is 0.0767 e. The van der Waals surface area contributed by atoms with Gasteiger partial charge in [0, 0.05) is 22.4 Å². The summed E-state index contributed by atoms with van der Waals surface area (Å²) in [5.74, 6) is 0. The Bertz CT molecular complexity index is 446. The molecule has 1 aliphatic heterocycles. The zero-order valence-corrected chi connectivity index (χ0v) is 12.7. The molecule has 3 rings (SSSR count). The van der Waals surface area contributed by atoms with E-state index >= 15 is 0 Å². The molecule has 1 saturated heterocycles. The molecule has 1 fully saturated rings. The van der Waals surface area contributed by atoms with E-state index in [0.29, 0.717) is 18.2 Å². The molecule has 0 bridgehead atoms. The van der Waals surface area contributed by atoms with Gasteiger partial charge < -0.3 is 10.1 Å². The van der Waals surface area contributed by atoms with Gasteiger partial charge in [0.25, 0.3) is 0 Å². The van der Waals surface area contributed by atoms with Gasteiger partial charge in [-0.15, -0.1) is 22.7 Å². The summed E-state index contributed by atoms with van der Waals surface area (Å²) in [5, 5.41) is 8.15. The molecule has 0 aromatic carbocycles. The molecule has 0 saturated carbocycles. The third kappa shape index (κ3) is 3.26. The van der Waals surface area contributed by atoms with Crippen molar-refractivity contribution in [1.29, 1.82) is 0 Å². The quantitative estimate of drug-likeness (QED) is 0.918. The van der Waals surface area contributed by atoms with E-state index in [2.05, 4.69) is 47.3 Å². The highest BCUT2D eigenvalue weighted by atomic mass is 32.1. The number of nitrogens with one attached hydrogen (secondary N) is 1. The minimum Gasteiger partial charge on any atom is -0.378 e. The van der Waals surface area contributed by atoms with Crippen LogP contribution in [0.5, 0.6) is 0 Å². The van der Waals surface area contributed by atoms with Crippen LogP contribution in [0.1, 0.15) is 35.6 Å². The van der Waals surface area contributed by atoms with Gasteiger partial charge in [-0.2, -0.15) is 0 Å². The minimum absolute atomic E-state index is 0.343. The van der Waals surface area contributed by atoms with Gasteiger partial charge in [0.05, 0.1) is 12.1 Å². The fraction of sp³-hybridized carbons (Fsp3) is 0.467. The zero-order valence-electron chi connectivity index (χ0n) is 11.0. The van der Waals surface area contributed by atoms with Crippen LogP contribution in [0.4, 0.5) is 0 Å². The summed E-state index contributed by atoms with van der Waals surface area (Å²) in [7, 11) is 0. The molecule has 0 radical (unpaired) electrons. The van der Waals surface area contributed by atoms with Crippen LogP contribution in [0.25, 0.3) is 0 Å². The first kappa shape index (κ1) is 13.3. The van der Waals surface area contributed by atoms with Gasteiger partial charge in [0.2, 0.25) is 0 Å². The second-order valence-corrected chi connectivity index (χ2v) is 6.99. The van der Waals surface area contributed by atoms with Crippen LogP contribution in [-0.2, 0) is 4.74 Å². The molecular weight excluding hydrogens is 274 g/mol. The summed E-state index contributed by atoms with van der Waals surface area (Å²) in [5.41, 5.74) is 0. The number of thiophene rings is 2. The Morgan fingerprint density at radius 1 is 1.21 bits per heavy atom. The molecule has 0 spiro atoms. The Balaban J connectivity index is 1.76. The lowest BCUT2D eigenvalue weighted by molar-refractivity contribution is 0.0121. The molecule has 19 heavy (non-hydrogen) atoms. The van der Waals surface area contributed by atoms with Crippen molar-refractivity contribution in [3.63, 3.8) is 0 Å². The lowest BCUT2D eigenvalue weighted by atomic mass is 10.0. The van der Waals surface area contributed by atoms with Gasteiger partial charge in [-0.3, -0.25) is 0 Å². The van der Waals surface area contributed by atoms with E-state index in [0.717, 1.165) is 19.4 Å². The van der Waals surface area contributed by atoms with Crippen LogP contribution in [-0.4, -0.2) is 18.8 Å². The topological polar surface area (TPSA) is 21.3 Å². The lowest BCUT2D eigenvalue weighted by Crippen LogP contribution is -2.39. The minimum atomic E-state index is 0.343. The van der Waals surface area contributed by atoms with E-state index < -0.39 is 0 Å². The Morgan fingerprint density at radius 2 is 1.89 bits per heavy atom. The summed E-state index contributed by atoms with van der Waals surface area (Å²) < 4.78 is 5.64. The highest BCUT2D eigenvalue weighted by Crippen LogP contribution is 2.30. The van der Waals surface area contributed by atoms with Crippen molar-refractivity contribution in [2.75, 3.05) is 6.61 Å². The van der Waals surface area contributed by atoms with Crippen molar-refractivity contribution in [2.45, 2.75) is 38.0 Å². The van der Waals surface area contributed by atoms with Crippen LogP contribution in [0, 0.1) is 0 Å². The van der Waals surface area contributed by atoms with Crippen molar-refractivity contribution in [2.24, 2.45) is 0 Å². The Hall–Kier alpha value is -0.680. The van der Waals surface area contributed by atoms with Crippen LogP contribution < -0.4 is 5.32 Å². The molecule has 2 aromatic rings. The van der Waals surface area contributed by atoms with E-state index in [1.54, 1.807) is 0 Å². The van der Waals surface area contributed by atoms with E-state index in [1.165, 1.54) is 9.75 Å². The monoisotopic (exact) mass is 293 g/mol. The third-order valence-electron chi connectivity index (χ3n) is 3.54. The molecule has 4 heteroatoms. The Kier molecular flexibility index (Phi) is 4.33. The van der Waals surface area contributed by atoms with Crippen molar-refractivity contribution in [3.05, 3.63) is 44.8 Å².